The molecule has 2 rings (SSSR count). The second-order valence-corrected chi connectivity index (χ2v) is 9.12. The number of rotatable bonds is 8. The first-order valence-corrected chi connectivity index (χ1v) is 11.5. The Hall–Kier alpha value is -3.42. The summed E-state index contributed by atoms with van der Waals surface area (Å²) in [4.78, 5) is 22.4. The van der Waals surface area contributed by atoms with Crippen molar-refractivity contribution in [3.8, 4) is 5.75 Å². The van der Waals surface area contributed by atoms with Crippen LogP contribution in [0.4, 0.5) is 5.69 Å². The van der Waals surface area contributed by atoms with E-state index in [4.69, 9.17) is 4.18 Å². The highest BCUT2D eigenvalue weighted by Crippen LogP contribution is 2.29. The molecular formula is C19H19NO10S2. The Labute approximate surface area is 184 Å². The van der Waals surface area contributed by atoms with Gasteiger partial charge in [-0.3, -0.25) is 4.55 Å². The molecule has 2 N–H and O–H groups in total. The molecule has 0 atom stereocenters. The summed E-state index contributed by atoms with van der Waals surface area (Å²) < 4.78 is 72.1. The van der Waals surface area contributed by atoms with Crippen LogP contribution in [0.25, 0.3) is 0 Å². The third kappa shape index (κ3) is 6.29. The summed E-state index contributed by atoms with van der Waals surface area (Å²) in [5, 5.41) is 2.34. The van der Waals surface area contributed by atoms with E-state index in [9.17, 15) is 31.0 Å². The molecule has 11 nitrogen and oxygen atoms in total. The van der Waals surface area contributed by atoms with Gasteiger partial charge in [-0.1, -0.05) is 17.7 Å². The largest absolute Gasteiger partial charge is 0.466 e. The Bertz CT molecular complexity index is 1260. The molecule has 0 amide bonds. The third-order valence-electron chi connectivity index (χ3n) is 3.88. The van der Waals surface area contributed by atoms with E-state index in [1.54, 1.807) is 19.1 Å². The number of hydrogen-bond donors (Lipinski definition) is 2. The number of carbonyl (C=O) groups excluding carboxylic acids is 2. The molecule has 0 radical (unpaired) electrons. The van der Waals surface area contributed by atoms with Crippen LogP contribution in [-0.2, 0) is 39.3 Å². The Kier molecular flexibility index (Phi) is 7.61. The van der Waals surface area contributed by atoms with Gasteiger partial charge in [0.15, 0.2) is 0 Å². The van der Waals surface area contributed by atoms with Crippen molar-refractivity contribution < 1.29 is 44.6 Å². The van der Waals surface area contributed by atoms with Gasteiger partial charge in [0.25, 0.3) is 10.1 Å². The van der Waals surface area contributed by atoms with E-state index >= 15 is 0 Å². The molecule has 0 spiro atoms. The zero-order chi connectivity index (χ0) is 24.1. The summed E-state index contributed by atoms with van der Waals surface area (Å²) in [6.45, 7) is 1.76. The van der Waals surface area contributed by atoms with Crippen molar-refractivity contribution in [2.45, 2.75) is 16.7 Å². The van der Waals surface area contributed by atoms with E-state index < -0.39 is 48.5 Å². The second-order valence-electron chi connectivity index (χ2n) is 6.18. The van der Waals surface area contributed by atoms with E-state index in [2.05, 4.69) is 14.8 Å². The lowest BCUT2D eigenvalue weighted by Crippen LogP contribution is -2.17. The molecule has 0 saturated heterocycles. The maximum atomic E-state index is 12.4. The van der Waals surface area contributed by atoms with Gasteiger partial charge in [0.2, 0.25) is 0 Å². The van der Waals surface area contributed by atoms with Gasteiger partial charge in [-0.25, -0.2) is 9.59 Å². The number of nitrogens with one attached hydrogen (secondary N) is 1. The summed E-state index contributed by atoms with van der Waals surface area (Å²) in [6.07, 6.45) is 0.700. The third-order valence-corrected chi connectivity index (χ3v) is 6.04. The summed E-state index contributed by atoms with van der Waals surface area (Å²) in [5.74, 6) is -2.42. The molecule has 0 unspecified atom stereocenters. The Morgan fingerprint density at radius 3 is 2.12 bits per heavy atom. The van der Waals surface area contributed by atoms with Crippen LogP contribution in [0.15, 0.2) is 64.0 Å². The predicted octanol–water partition coefficient (Wildman–Crippen LogP) is 1.65. The first-order valence-electron chi connectivity index (χ1n) is 8.65. The van der Waals surface area contributed by atoms with Gasteiger partial charge < -0.3 is 19.0 Å². The number of esters is 2. The highest BCUT2D eigenvalue weighted by molar-refractivity contribution is 7.87. The zero-order valence-electron chi connectivity index (χ0n) is 17.1. The molecular weight excluding hydrogens is 466 g/mol. The highest BCUT2D eigenvalue weighted by atomic mass is 32.2. The van der Waals surface area contributed by atoms with Gasteiger partial charge >= 0.3 is 22.1 Å². The average Bonchev–Trinajstić information content (AvgIpc) is 2.72. The summed E-state index contributed by atoms with van der Waals surface area (Å²) in [5.41, 5.74) is -0.0622. The molecule has 13 heteroatoms. The van der Waals surface area contributed by atoms with Crippen LogP contribution in [-0.4, -0.2) is 47.5 Å². The molecule has 32 heavy (non-hydrogen) atoms. The summed E-state index contributed by atoms with van der Waals surface area (Å²) in [7, 11) is -7.16. The molecule has 0 heterocycles. The minimum absolute atomic E-state index is 0.173. The van der Waals surface area contributed by atoms with Crippen molar-refractivity contribution in [2.24, 2.45) is 0 Å². The highest BCUT2D eigenvalue weighted by Gasteiger charge is 2.23. The van der Waals surface area contributed by atoms with Gasteiger partial charge in [0.1, 0.15) is 21.2 Å². The Morgan fingerprint density at radius 1 is 0.969 bits per heavy atom. The molecule has 0 aliphatic heterocycles. The Morgan fingerprint density at radius 2 is 1.59 bits per heavy atom. The predicted molar refractivity (Wildman–Crippen MR) is 111 cm³/mol. The minimum Gasteiger partial charge on any atom is -0.466 e. The fraction of sp³-hybridized carbons (Fsp3) is 0.158. The summed E-state index contributed by atoms with van der Waals surface area (Å²) >= 11 is 0. The van der Waals surface area contributed by atoms with Crippen LogP contribution in [0, 0.1) is 6.92 Å². The van der Waals surface area contributed by atoms with Crippen molar-refractivity contribution in [2.75, 3.05) is 19.5 Å². The monoisotopic (exact) mass is 485 g/mol. The van der Waals surface area contributed by atoms with Crippen LogP contribution in [0.3, 0.4) is 0 Å². The molecule has 0 aromatic heterocycles. The van der Waals surface area contributed by atoms with Gasteiger partial charge in [-0.15, -0.1) is 0 Å². The quantitative estimate of drug-likeness (QED) is 0.242. The molecule has 2 aromatic carbocycles. The molecule has 0 aliphatic rings. The molecule has 172 valence electrons. The Balaban J connectivity index is 2.48. The van der Waals surface area contributed by atoms with E-state index in [0.717, 1.165) is 38.0 Å². The van der Waals surface area contributed by atoms with Gasteiger partial charge in [0.05, 0.1) is 26.0 Å². The van der Waals surface area contributed by atoms with Crippen LogP contribution >= 0.6 is 0 Å². The smallest absolute Gasteiger partial charge is 0.354 e. The van der Waals surface area contributed by atoms with Crippen LogP contribution in [0.1, 0.15) is 5.56 Å². The topological polar surface area (TPSA) is 162 Å². The van der Waals surface area contributed by atoms with Crippen LogP contribution in [0.5, 0.6) is 5.75 Å². The number of ether oxygens (including phenoxy) is 2. The lowest BCUT2D eigenvalue weighted by molar-refractivity contribution is -0.138. The maximum Gasteiger partial charge on any atom is 0.354 e. The number of aryl methyl sites for hydroxylation is 1. The fourth-order valence-corrected chi connectivity index (χ4v) is 3.91. The lowest BCUT2D eigenvalue weighted by Gasteiger charge is -2.14. The molecule has 0 bridgehead atoms. The average molecular weight is 485 g/mol. The zero-order valence-corrected chi connectivity index (χ0v) is 18.7. The van der Waals surface area contributed by atoms with Crippen LogP contribution < -0.4 is 9.50 Å². The number of anilines is 1. The fourth-order valence-electron chi connectivity index (χ4n) is 2.33. The van der Waals surface area contributed by atoms with Gasteiger partial charge in [0, 0.05) is 6.07 Å². The summed E-state index contributed by atoms with van der Waals surface area (Å²) in [6, 6.07) is 8.56. The van der Waals surface area contributed by atoms with E-state index in [1.165, 1.54) is 12.1 Å². The van der Waals surface area contributed by atoms with Crippen molar-refractivity contribution in [3.63, 3.8) is 0 Å². The molecule has 0 aliphatic carbocycles. The van der Waals surface area contributed by atoms with E-state index in [-0.39, 0.29) is 10.6 Å². The van der Waals surface area contributed by atoms with Crippen molar-refractivity contribution >= 4 is 37.9 Å². The van der Waals surface area contributed by atoms with E-state index in [1.807, 2.05) is 0 Å². The molecule has 2 aromatic rings. The standard InChI is InChI=1S/C19H19NO10S2/c1-12-4-7-14(8-5-12)32(26,27)30-13-6-9-15(17(10-13)31(23,24)25)20-16(19(22)29-3)11-18(21)28-2/h4-11,20H,1-3H3,(H,23,24,25)/b16-11+. The number of hydrogen-bond acceptors (Lipinski definition) is 10. The minimum atomic E-state index is -4.93. The first-order chi connectivity index (χ1) is 14.9. The lowest BCUT2D eigenvalue weighted by atomic mass is 10.2. The van der Waals surface area contributed by atoms with Crippen LogP contribution in [0.2, 0.25) is 0 Å². The van der Waals surface area contributed by atoms with Crippen molar-refractivity contribution in [3.05, 3.63) is 59.8 Å². The SMILES string of the molecule is COC(=O)/C=C(/Nc1ccc(OS(=O)(=O)c2ccc(C)cc2)cc1S(=O)(=O)O)C(=O)OC. The van der Waals surface area contributed by atoms with Gasteiger partial charge in [-0.2, -0.15) is 16.8 Å². The first kappa shape index (κ1) is 24.8. The maximum absolute atomic E-state index is 12.4. The molecule has 0 saturated carbocycles. The number of carbonyl (C=O) groups is 2. The van der Waals surface area contributed by atoms with Crippen molar-refractivity contribution in [1.82, 2.24) is 0 Å². The number of methoxy groups -OCH3 is 2. The molecule has 0 fully saturated rings. The normalized spacial score (nSPS) is 12.1. The second kappa shape index (κ2) is 9.80. The van der Waals surface area contributed by atoms with E-state index in [0.29, 0.717) is 6.08 Å². The number of benzene rings is 2. The van der Waals surface area contributed by atoms with Gasteiger partial charge in [-0.05, 0) is 31.2 Å². The van der Waals surface area contributed by atoms with Crippen molar-refractivity contribution in [1.29, 1.82) is 0 Å².